The van der Waals surface area contributed by atoms with Crippen LogP contribution in [0.5, 0.6) is 0 Å². The fraction of sp³-hybridized carbons (Fsp3) is 0.417. The van der Waals surface area contributed by atoms with Gasteiger partial charge in [-0.2, -0.15) is 4.31 Å². The molecule has 0 aliphatic carbocycles. The summed E-state index contributed by atoms with van der Waals surface area (Å²) >= 11 is 11.9. The molecule has 21 heavy (non-hydrogen) atoms. The largest absolute Gasteiger partial charge is 0.468 e. The summed E-state index contributed by atoms with van der Waals surface area (Å²) in [4.78, 5) is 11.5. The zero-order chi connectivity index (χ0) is 15.6. The van der Waals surface area contributed by atoms with Crippen LogP contribution in [-0.2, 0) is 24.3 Å². The number of esters is 1. The van der Waals surface area contributed by atoms with E-state index in [2.05, 4.69) is 4.74 Å². The van der Waals surface area contributed by atoms with Gasteiger partial charge in [-0.05, 0) is 12.1 Å². The molecule has 1 saturated heterocycles. The standard InChI is InChI=1S/C12H13Cl2NO5S/c1-19-12(16)10-7-20-6-5-15(10)21(17,18)11-8(13)3-2-4-9(11)14/h2-4,10H,5-7H2,1H3. The van der Waals surface area contributed by atoms with Crippen molar-refractivity contribution in [3.8, 4) is 0 Å². The van der Waals surface area contributed by atoms with Gasteiger partial charge in [0.2, 0.25) is 10.0 Å². The molecule has 2 rings (SSSR count). The van der Waals surface area contributed by atoms with Crippen molar-refractivity contribution in [2.24, 2.45) is 0 Å². The first kappa shape index (κ1) is 16.5. The molecule has 0 radical (unpaired) electrons. The van der Waals surface area contributed by atoms with Crippen molar-refractivity contribution in [1.82, 2.24) is 4.31 Å². The van der Waals surface area contributed by atoms with Gasteiger partial charge in [0.15, 0.2) is 0 Å². The van der Waals surface area contributed by atoms with E-state index in [-0.39, 0.29) is 34.7 Å². The summed E-state index contributed by atoms with van der Waals surface area (Å²) in [6.07, 6.45) is 0. The predicted molar refractivity (Wildman–Crippen MR) is 77.0 cm³/mol. The third kappa shape index (κ3) is 3.17. The maximum Gasteiger partial charge on any atom is 0.326 e. The highest BCUT2D eigenvalue weighted by molar-refractivity contribution is 7.89. The molecule has 1 aromatic carbocycles. The minimum absolute atomic E-state index is 0.00222. The summed E-state index contributed by atoms with van der Waals surface area (Å²) in [7, 11) is -2.85. The number of carbonyl (C=O) groups excluding carboxylic acids is 1. The van der Waals surface area contributed by atoms with E-state index in [0.717, 1.165) is 4.31 Å². The molecule has 9 heteroatoms. The zero-order valence-electron chi connectivity index (χ0n) is 11.1. The summed E-state index contributed by atoms with van der Waals surface area (Å²) in [6, 6.07) is 3.34. The lowest BCUT2D eigenvalue weighted by atomic mass is 10.3. The molecule has 1 unspecified atom stereocenters. The molecule has 0 bridgehead atoms. The minimum atomic E-state index is -4.04. The number of hydrogen-bond acceptors (Lipinski definition) is 5. The third-order valence-electron chi connectivity index (χ3n) is 3.04. The molecular weight excluding hydrogens is 341 g/mol. The SMILES string of the molecule is COC(=O)C1COCCN1S(=O)(=O)c1c(Cl)cccc1Cl. The van der Waals surface area contributed by atoms with E-state index in [4.69, 9.17) is 27.9 Å². The van der Waals surface area contributed by atoms with E-state index in [1.165, 1.54) is 19.2 Å². The van der Waals surface area contributed by atoms with Gasteiger partial charge in [-0.1, -0.05) is 29.3 Å². The highest BCUT2D eigenvalue weighted by atomic mass is 35.5. The minimum Gasteiger partial charge on any atom is -0.468 e. The van der Waals surface area contributed by atoms with Crippen LogP contribution in [-0.4, -0.2) is 51.6 Å². The van der Waals surface area contributed by atoms with E-state index in [9.17, 15) is 13.2 Å². The van der Waals surface area contributed by atoms with Gasteiger partial charge in [0, 0.05) is 6.54 Å². The summed E-state index contributed by atoms with van der Waals surface area (Å²) in [5, 5.41) is -0.00443. The van der Waals surface area contributed by atoms with Crippen molar-refractivity contribution in [2.45, 2.75) is 10.9 Å². The van der Waals surface area contributed by atoms with Crippen molar-refractivity contribution in [3.63, 3.8) is 0 Å². The molecule has 1 heterocycles. The number of halogens is 2. The van der Waals surface area contributed by atoms with Crippen LogP contribution in [0.3, 0.4) is 0 Å². The van der Waals surface area contributed by atoms with Crippen LogP contribution in [0, 0.1) is 0 Å². The number of nitrogens with zero attached hydrogens (tertiary/aromatic N) is 1. The number of sulfonamides is 1. The summed E-state index contributed by atoms with van der Waals surface area (Å²) in [5.41, 5.74) is 0. The number of morpholine rings is 1. The molecule has 0 spiro atoms. The van der Waals surface area contributed by atoms with E-state index in [0.29, 0.717) is 0 Å². The van der Waals surface area contributed by atoms with Gasteiger partial charge >= 0.3 is 5.97 Å². The molecule has 1 aliphatic rings. The third-order valence-corrected chi connectivity index (χ3v) is 5.90. The van der Waals surface area contributed by atoms with Crippen LogP contribution in [0.25, 0.3) is 0 Å². The first-order chi connectivity index (χ1) is 9.89. The molecule has 1 atom stereocenters. The maximum absolute atomic E-state index is 12.8. The normalized spacial score (nSPS) is 20.2. The molecule has 6 nitrogen and oxygen atoms in total. The zero-order valence-corrected chi connectivity index (χ0v) is 13.4. The summed E-state index contributed by atoms with van der Waals surface area (Å²) in [6.45, 7) is 0.117. The Balaban J connectivity index is 2.48. The number of rotatable bonds is 3. The Morgan fingerprint density at radius 2 is 2.00 bits per heavy atom. The average Bonchev–Trinajstić information content (AvgIpc) is 2.46. The Bertz CT molecular complexity index is 629. The van der Waals surface area contributed by atoms with Gasteiger partial charge < -0.3 is 9.47 Å². The lowest BCUT2D eigenvalue weighted by Crippen LogP contribution is -2.52. The fourth-order valence-corrected chi connectivity index (χ4v) is 4.69. The second kappa shape index (κ2) is 6.50. The molecule has 116 valence electrons. The van der Waals surface area contributed by atoms with Crippen LogP contribution >= 0.6 is 23.2 Å². The second-order valence-electron chi connectivity index (χ2n) is 4.28. The number of carbonyl (C=O) groups is 1. The van der Waals surface area contributed by atoms with Gasteiger partial charge in [0.05, 0.1) is 30.4 Å². The van der Waals surface area contributed by atoms with Crippen molar-refractivity contribution in [1.29, 1.82) is 0 Å². The Kier molecular flexibility index (Phi) is 5.11. The quantitative estimate of drug-likeness (QED) is 0.771. The Hall–Kier alpha value is -0.860. The molecule has 0 N–H and O–H groups in total. The fourth-order valence-electron chi connectivity index (χ4n) is 2.04. The molecular formula is C12H13Cl2NO5S. The van der Waals surface area contributed by atoms with Gasteiger partial charge in [-0.15, -0.1) is 0 Å². The van der Waals surface area contributed by atoms with E-state index in [1.807, 2.05) is 0 Å². The first-order valence-electron chi connectivity index (χ1n) is 6.01. The predicted octanol–water partition coefficient (Wildman–Crippen LogP) is 1.56. The van der Waals surface area contributed by atoms with Crippen molar-refractivity contribution in [2.75, 3.05) is 26.9 Å². The summed E-state index contributed by atoms with van der Waals surface area (Å²) < 4.78 is 36.3. The lowest BCUT2D eigenvalue weighted by molar-refractivity contribution is -0.149. The molecule has 0 saturated carbocycles. The van der Waals surface area contributed by atoms with Gasteiger partial charge in [0.1, 0.15) is 10.9 Å². The lowest BCUT2D eigenvalue weighted by Gasteiger charge is -2.32. The Labute approximate surface area is 132 Å². The van der Waals surface area contributed by atoms with Gasteiger partial charge in [-0.3, -0.25) is 4.79 Å². The summed E-state index contributed by atoms with van der Waals surface area (Å²) in [5.74, 6) is -0.693. The Morgan fingerprint density at radius 3 is 2.57 bits per heavy atom. The van der Waals surface area contributed by atoms with Crippen LogP contribution in [0.15, 0.2) is 23.1 Å². The van der Waals surface area contributed by atoms with Crippen molar-refractivity contribution in [3.05, 3.63) is 28.2 Å². The van der Waals surface area contributed by atoms with Crippen LogP contribution < -0.4 is 0 Å². The highest BCUT2D eigenvalue weighted by Gasteiger charge is 2.40. The maximum atomic E-state index is 12.8. The number of methoxy groups -OCH3 is 1. The van der Waals surface area contributed by atoms with Crippen LogP contribution in [0.2, 0.25) is 10.0 Å². The smallest absolute Gasteiger partial charge is 0.326 e. The molecule has 0 amide bonds. The van der Waals surface area contributed by atoms with Crippen molar-refractivity contribution < 1.29 is 22.7 Å². The number of benzene rings is 1. The average molecular weight is 354 g/mol. The first-order valence-corrected chi connectivity index (χ1v) is 8.20. The van der Waals surface area contributed by atoms with Gasteiger partial charge in [0.25, 0.3) is 0 Å². The van der Waals surface area contributed by atoms with Crippen LogP contribution in [0.1, 0.15) is 0 Å². The van der Waals surface area contributed by atoms with Crippen LogP contribution in [0.4, 0.5) is 0 Å². The second-order valence-corrected chi connectivity index (χ2v) is 6.92. The highest BCUT2D eigenvalue weighted by Crippen LogP contribution is 2.33. The monoisotopic (exact) mass is 353 g/mol. The topological polar surface area (TPSA) is 72.9 Å². The molecule has 1 aromatic rings. The number of hydrogen-bond donors (Lipinski definition) is 0. The van der Waals surface area contributed by atoms with E-state index < -0.39 is 22.0 Å². The van der Waals surface area contributed by atoms with Gasteiger partial charge in [-0.25, -0.2) is 8.42 Å². The molecule has 1 aliphatic heterocycles. The molecule has 1 fully saturated rings. The Morgan fingerprint density at radius 1 is 1.38 bits per heavy atom. The van der Waals surface area contributed by atoms with E-state index in [1.54, 1.807) is 6.07 Å². The van der Waals surface area contributed by atoms with Crippen molar-refractivity contribution >= 4 is 39.2 Å². The van der Waals surface area contributed by atoms with E-state index >= 15 is 0 Å². The number of ether oxygens (including phenoxy) is 2. The molecule has 0 aromatic heterocycles.